The summed E-state index contributed by atoms with van der Waals surface area (Å²) in [4.78, 5) is 26.1. The van der Waals surface area contributed by atoms with Gasteiger partial charge in [0.05, 0.1) is 25.6 Å². The molecule has 156 valence electrons. The Bertz CT molecular complexity index is 1170. The maximum Gasteiger partial charge on any atom is 0.274 e. The third-order valence-electron chi connectivity index (χ3n) is 5.65. The highest BCUT2D eigenvalue weighted by Gasteiger charge is 2.25. The summed E-state index contributed by atoms with van der Waals surface area (Å²) in [5.74, 6) is 0.567. The zero-order valence-corrected chi connectivity index (χ0v) is 17.4. The first kappa shape index (κ1) is 19.9. The quantitative estimate of drug-likeness (QED) is 0.702. The van der Waals surface area contributed by atoms with Gasteiger partial charge in [0.1, 0.15) is 0 Å². The van der Waals surface area contributed by atoms with E-state index < -0.39 is 0 Å². The highest BCUT2D eigenvalue weighted by molar-refractivity contribution is 6.05. The van der Waals surface area contributed by atoms with E-state index in [0.717, 1.165) is 24.8 Å². The van der Waals surface area contributed by atoms with Crippen LogP contribution in [-0.2, 0) is 13.0 Å². The number of ether oxygens (including phenoxy) is 2. The molecule has 2 aromatic carbocycles. The molecule has 0 radical (unpaired) electrons. The van der Waals surface area contributed by atoms with Gasteiger partial charge in [-0.1, -0.05) is 24.3 Å². The van der Waals surface area contributed by atoms with Crippen molar-refractivity contribution in [2.45, 2.75) is 38.8 Å². The van der Waals surface area contributed by atoms with E-state index in [1.807, 2.05) is 19.1 Å². The maximum absolute atomic E-state index is 13.3. The molecule has 0 aliphatic heterocycles. The Morgan fingerprint density at radius 3 is 2.57 bits per heavy atom. The van der Waals surface area contributed by atoms with Crippen molar-refractivity contribution in [1.29, 1.82) is 0 Å². The molecule has 1 atom stereocenters. The highest BCUT2D eigenvalue weighted by Crippen LogP contribution is 2.33. The van der Waals surface area contributed by atoms with Crippen molar-refractivity contribution in [1.82, 2.24) is 15.1 Å². The number of aromatic nitrogens is 2. The monoisotopic (exact) mass is 407 g/mol. The van der Waals surface area contributed by atoms with E-state index >= 15 is 0 Å². The molecule has 0 saturated heterocycles. The number of methoxy groups -OCH3 is 2. The van der Waals surface area contributed by atoms with E-state index in [0.29, 0.717) is 28.8 Å². The normalized spacial score (nSPS) is 15.5. The molecule has 1 aromatic heterocycles. The zero-order chi connectivity index (χ0) is 21.3. The van der Waals surface area contributed by atoms with Crippen molar-refractivity contribution in [2.75, 3.05) is 14.2 Å². The van der Waals surface area contributed by atoms with Crippen LogP contribution in [0.5, 0.6) is 11.5 Å². The molecular weight excluding hydrogens is 382 g/mol. The van der Waals surface area contributed by atoms with Crippen molar-refractivity contribution in [3.05, 3.63) is 63.6 Å². The van der Waals surface area contributed by atoms with Gasteiger partial charge in [0, 0.05) is 11.9 Å². The van der Waals surface area contributed by atoms with Crippen molar-refractivity contribution in [2.24, 2.45) is 0 Å². The van der Waals surface area contributed by atoms with Crippen LogP contribution in [-0.4, -0.2) is 29.9 Å². The van der Waals surface area contributed by atoms with Gasteiger partial charge >= 0.3 is 0 Å². The molecule has 1 N–H and O–H groups in total. The van der Waals surface area contributed by atoms with Crippen LogP contribution in [0.15, 0.2) is 41.2 Å². The van der Waals surface area contributed by atoms with Gasteiger partial charge in [-0.15, -0.1) is 0 Å². The number of carbonyl (C=O) groups excluding carboxylic acids is 1. The molecular formula is C23H25N3O4. The van der Waals surface area contributed by atoms with Gasteiger partial charge in [-0.3, -0.25) is 9.59 Å². The van der Waals surface area contributed by atoms with E-state index in [9.17, 15) is 9.59 Å². The Morgan fingerprint density at radius 2 is 1.87 bits per heavy atom. The van der Waals surface area contributed by atoms with Crippen LogP contribution in [0.4, 0.5) is 0 Å². The van der Waals surface area contributed by atoms with Crippen LogP contribution >= 0.6 is 0 Å². The van der Waals surface area contributed by atoms with Gasteiger partial charge in [-0.05, 0) is 49.4 Å². The molecule has 4 rings (SSSR count). The SMILES string of the molecule is CCn1nc(C(=O)N[C@@H]2CCCc3ccccc32)c2cc(OC)c(OC)cc2c1=O. The number of nitrogens with one attached hydrogen (secondary N) is 1. The second kappa shape index (κ2) is 8.18. The Labute approximate surface area is 174 Å². The number of hydrogen-bond donors (Lipinski definition) is 1. The smallest absolute Gasteiger partial charge is 0.274 e. The first-order chi connectivity index (χ1) is 14.6. The number of aryl methyl sites for hydroxylation is 2. The van der Waals surface area contributed by atoms with E-state index in [1.54, 1.807) is 12.1 Å². The predicted octanol–water partition coefficient (Wildman–Crippen LogP) is 3.24. The second-order valence-electron chi connectivity index (χ2n) is 7.34. The number of rotatable bonds is 5. The number of nitrogens with zero attached hydrogens (tertiary/aromatic N) is 2. The largest absolute Gasteiger partial charge is 0.493 e. The molecule has 1 aliphatic carbocycles. The molecule has 7 heteroatoms. The minimum Gasteiger partial charge on any atom is -0.493 e. The summed E-state index contributed by atoms with van der Waals surface area (Å²) in [7, 11) is 3.03. The molecule has 1 aliphatic rings. The van der Waals surface area contributed by atoms with E-state index in [1.165, 1.54) is 24.5 Å². The molecule has 3 aromatic rings. The molecule has 1 amide bonds. The third kappa shape index (κ3) is 3.40. The zero-order valence-electron chi connectivity index (χ0n) is 17.4. The topological polar surface area (TPSA) is 82.5 Å². The average Bonchev–Trinajstić information content (AvgIpc) is 2.78. The first-order valence-corrected chi connectivity index (χ1v) is 10.1. The summed E-state index contributed by atoms with van der Waals surface area (Å²) < 4.78 is 12.0. The summed E-state index contributed by atoms with van der Waals surface area (Å²) in [6, 6.07) is 11.4. The predicted molar refractivity (Wildman–Crippen MR) is 114 cm³/mol. The van der Waals surface area contributed by atoms with Gasteiger partial charge < -0.3 is 14.8 Å². The Morgan fingerprint density at radius 1 is 1.17 bits per heavy atom. The van der Waals surface area contributed by atoms with E-state index in [2.05, 4.69) is 22.5 Å². The lowest BCUT2D eigenvalue weighted by Crippen LogP contribution is -2.34. The van der Waals surface area contributed by atoms with Gasteiger partial charge in [0.2, 0.25) is 0 Å². The molecule has 0 bridgehead atoms. The second-order valence-corrected chi connectivity index (χ2v) is 7.34. The first-order valence-electron chi connectivity index (χ1n) is 10.1. The van der Waals surface area contributed by atoms with Gasteiger partial charge in [-0.2, -0.15) is 5.10 Å². The van der Waals surface area contributed by atoms with Crippen molar-refractivity contribution in [3.8, 4) is 11.5 Å². The molecule has 0 unspecified atom stereocenters. The molecule has 1 heterocycles. The lowest BCUT2D eigenvalue weighted by Gasteiger charge is -2.26. The van der Waals surface area contributed by atoms with Crippen molar-refractivity contribution >= 4 is 16.7 Å². The van der Waals surface area contributed by atoms with Crippen LogP contribution in [0.1, 0.15) is 47.4 Å². The van der Waals surface area contributed by atoms with Gasteiger partial charge in [0.15, 0.2) is 17.2 Å². The van der Waals surface area contributed by atoms with Crippen LogP contribution in [0.25, 0.3) is 10.8 Å². The summed E-state index contributed by atoms with van der Waals surface area (Å²) in [5, 5.41) is 8.32. The van der Waals surface area contributed by atoms with E-state index in [4.69, 9.17) is 9.47 Å². The van der Waals surface area contributed by atoms with Gasteiger partial charge in [0.25, 0.3) is 11.5 Å². The minimum absolute atomic E-state index is 0.0820. The Kier molecular flexibility index (Phi) is 5.44. The minimum atomic E-state index is -0.309. The molecule has 7 nitrogen and oxygen atoms in total. The van der Waals surface area contributed by atoms with Crippen molar-refractivity contribution < 1.29 is 14.3 Å². The summed E-state index contributed by atoms with van der Waals surface area (Å²) in [6.07, 6.45) is 2.89. The highest BCUT2D eigenvalue weighted by atomic mass is 16.5. The summed E-state index contributed by atoms with van der Waals surface area (Å²) in [5.41, 5.74) is 2.34. The lowest BCUT2D eigenvalue weighted by molar-refractivity contribution is 0.0927. The number of amides is 1. The average molecular weight is 407 g/mol. The molecule has 30 heavy (non-hydrogen) atoms. The lowest BCUT2D eigenvalue weighted by atomic mass is 9.87. The number of benzene rings is 2. The number of hydrogen-bond acceptors (Lipinski definition) is 5. The standard InChI is InChI=1S/C23H25N3O4/c1-4-26-23(28)17-13-20(30-3)19(29-2)12-16(17)21(25-26)22(27)24-18-11-7-9-14-8-5-6-10-15(14)18/h5-6,8,10,12-13,18H,4,7,9,11H2,1-3H3,(H,24,27)/t18-/m1/s1. The van der Waals surface area contributed by atoms with E-state index in [-0.39, 0.29) is 23.2 Å². The molecule has 0 saturated carbocycles. The van der Waals surface area contributed by atoms with Crippen molar-refractivity contribution in [3.63, 3.8) is 0 Å². The number of fused-ring (bicyclic) bond motifs is 2. The molecule has 0 fully saturated rings. The maximum atomic E-state index is 13.3. The van der Waals surface area contributed by atoms with Crippen LogP contribution in [0.3, 0.4) is 0 Å². The summed E-state index contributed by atoms with van der Waals surface area (Å²) >= 11 is 0. The fourth-order valence-electron chi connectivity index (χ4n) is 4.12. The Balaban J connectivity index is 1.81. The Hall–Kier alpha value is -3.35. The van der Waals surface area contributed by atoms with Crippen LogP contribution < -0.4 is 20.3 Å². The fraction of sp³-hybridized carbons (Fsp3) is 0.348. The summed E-state index contributed by atoms with van der Waals surface area (Å²) in [6.45, 7) is 2.18. The van der Waals surface area contributed by atoms with Crippen LogP contribution in [0, 0.1) is 0 Å². The number of carbonyl (C=O) groups is 1. The van der Waals surface area contributed by atoms with Crippen LogP contribution in [0.2, 0.25) is 0 Å². The van der Waals surface area contributed by atoms with Gasteiger partial charge in [-0.25, -0.2) is 4.68 Å². The third-order valence-corrected chi connectivity index (χ3v) is 5.65. The fourth-order valence-corrected chi connectivity index (χ4v) is 4.12. The molecule has 0 spiro atoms.